The van der Waals surface area contributed by atoms with Crippen LogP contribution in [0.1, 0.15) is 27.4 Å². The van der Waals surface area contributed by atoms with Crippen LogP contribution in [0.3, 0.4) is 0 Å². The molecule has 0 aliphatic carbocycles. The van der Waals surface area contributed by atoms with Gasteiger partial charge in [0.25, 0.3) is 17.4 Å². The van der Waals surface area contributed by atoms with Crippen molar-refractivity contribution in [1.29, 1.82) is 0 Å². The van der Waals surface area contributed by atoms with Crippen molar-refractivity contribution in [3.05, 3.63) is 52.6 Å². The lowest BCUT2D eigenvalue weighted by atomic mass is 10.3. The van der Waals surface area contributed by atoms with E-state index in [4.69, 9.17) is 5.73 Å². The topological polar surface area (TPSA) is 190 Å². The predicted octanol–water partition coefficient (Wildman–Crippen LogP) is -0.0487. The van der Waals surface area contributed by atoms with E-state index in [0.717, 1.165) is 13.0 Å². The van der Waals surface area contributed by atoms with Crippen molar-refractivity contribution < 1.29 is 14.4 Å². The number of fused-ring (bicyclic) bond motifs is 1. The maximum absolute atomic E-state index is 12.9. The number of carbonyl (C=O) groups excluding carboxylic acids is 3. The molecule has 0 saturated heterocycles. The Balaban J connectivity index is 1.38. The largest absolute Gasteiger partial charge is 0.369 e. The Kier molecular flexibility index (Phi) is 7.80. The van der Waals surface area contributed by atoms with Gasteiger partial charge >= 0.3 is 0 Å². The summed E-state index contributed by atoms with van der Waals surface area (Å²) in [5.74, 6) is -1.15. The summed E-state index contributed by atoms with van der Waals surface area (Å²) in [5.41, 5.74) is 6.92. The third kappa shape index (κ3) is 6.32. The molecule has 0 spiro atoms. The summed E-state index contributed by atoms with van der Waals surface area (Å²) >= 11 is 0. The molecule has 0 unspecified atom stereocenters. The smallest absolute Gasteiger partial charge is 0.280 e. The summed E-state index contributed by atoms with van der Waals surface area (Å²) in [6, 6.07) is 3.13. The maximum Gasteiger partial charge on any atom is 0.280 e. The number of aromatic amines is 1. The first-order valence-corrected chi connectivity index (χ1v) is 12.1. The number of aryl methyl sites for hydroxylation is 2. The number of anilines is 3. The van der Waals surface area contributed by atoms with Crippen molar-refractivity contribution in [3.8, 4) is 0 Å². The Morgan fingerprint density at radius 2 is 1.67 bits per heavy atom. The summed E-state index contributed by atoms with van der Waals surface area (Å²) < 4.78 is 4.61. The molecule has 0 fully saturated rings. The Bertz CT molecular complexity index is 1590. The third-order valence-electron chi connectivity index (χ3n) is 5.89. The van der Waals surface area contributed by atoms with E-state index < -0.39 is 17.4 Å². The van der Waals surface area contributed by atoms with E-state index in [0.29, 0.717) is 23.6 Å². The number of nitrogens with zero attached hydrogens (tertiary/aromatic N) is 6. The van der Waals surface area contributed by atoms with Crippen LogP contribution < -0.4 is 27.2 Å². The monoisotopic (exact) mass is 537 g/mol. The molecule has 0 radical (unpaired) electrons. The van der Waals surface area contributed by atoms with Gasteiger partial charge in [-0.1, -0.05) is 0 Å². The van der Waals surface area contributed by atoms with Gasteiger partial charge in [0.15, 0.2) is 11.2 Å². The molecule has 0 aliphatic rings. The van der Waals surface area contributed by atoms with Gasteiger partial charge in [0.1, 0.15) is 17.9 Å². The lowest BCUT2D eigenvalue weighted by molar-refractivity contribution is -0.116. The summed E-state index contributed by atoms with van der Waals surface area (Å²) in [5, 5.41) is 8.38. The molecule has 39 heavy (non-hydrogen) atoms. The van der Waals surface area contributed by atoms with Gasteiger partial charge in [-0.25, -0.2) is 4.98 Å². The second-order valence-corrected chi connectivity index (χ2v) is 9.36. The minimum absolute atomic E-state index is 0.0709. The molecule has 4 heterocycles. The average molecular weight is 538 g/mol. The van der Waals surface area contributed by atoms with Crippen LogP contribution in [-0.4, -0.2) is 78.5 Å². The first kappa shape index (κ1) is 27.1. The standard InChI is InChI=1S/C24H31N11O4/c1-32(2)7-5-6-26-21(37)16-9-15(11-33(16)3)29-22(38)17-8-14(10-34(17)4)28-18(36)12-35-13-27-19-20(35)30-24(25)31-23(19)39/h8-11,13H,5-7,12H2,1-4H3,(H,26,37)(H,28,36)(H,29,38)(H3,25,30,31,39). The second kappa shape index (κ2) is 11.2. The highest BCUT2D eigenvalue weighted by Crippen LogP contribution is 2.18. The molecule has 4 aromatic heterocycles. The molecule has 0 saturated carbocycles. The molecule has 0 bridgehead atoms. The number of hydrogen-bond acceptors (Lipinski definition) is 8. The number of carbonyl (C=O) groups is 3. The first-order chi connectivity index (χ1) is 18.5. The lowest BCUT2D eigenvalue weighted by Crippen LogP contribution is -2.28. The van der Waals surface area contributed by atoms with Gasteiger partial charge in [0.2, 0.25) is 11.9 Å². The van der Waals surface area contributed by atoms with Crippen molar-refractivity contribution in [2.24, 2.45) is 14.1 Å². The zero-order chi connectivity index (χ0) is 28.3. The van der Waals surface area contributed by atoms with Gasteiger partial charge in [-0.05, 0) is 39.2 Å². The highest BCUT2D eigenvalue weighted by atomic mass is 16.2. The molecule has 15 nitrogen and oxygen atoms in total. The minimum Gasteiger partial charge on any atom is -0.369 e. The summed E-state index contributed by atoms with van der Waals surface area (Å²) in [6.45, 7) is 1.23. The Morgan fingerprint density at radius 1 is 1.03 bits per heavy atom. The number of hydrogen-bond donors (Lipinski definition) is 5. The SMILES string of the molecule is CN(C)CCCNC(=O)c1cc(NC(=O)c2cc(NC(=O)Cn3cnc4c(=O)[nH]c(N)nc43)cn2C)cn1C. The summed E-state index contributed by atoms with van der Waals surface area (Å²) in [6.07, 6.45) is 5.40. The van der Waals surface area contributed by atoms with E-state index in [9.17, 15) is 19.2 Å². The van der Waals surface area contributed by atoms with Crippen LogP contribution in [-0.2, 0) is 25.4 Å². The lowest BCUT2D eigenvalue weighted by Gasteiger charge is -2.10. The van der Waals surface area contributed by atoms with Gasteiger partial charge in [0, 0.05) is 33.0 Å². The minimum atomic E-state index is -0.499. The molecule has 15 heteroatoms. The quantitative estimate of drug-likeness (QED) is 0.174. The third-order valence-corrected chi connectivity index (χ3v) is 5.89. The number of H-pyrrole nitrogens is 1. The zero-order valence-electron chi connectivity index (χ0n) is 22.1. The molecule has 0 aromatic carbocycles. The van der Waals surface area contributed by atoms with Gasteiger partial charge in [0.05, 0.1) is 17.7 Å². The number of amides is 3. The van der Waals surface area contributed by atoms with Crippen LogP contribution in [0.4, 0.5) is 17.3 Å². The highest BCUT2D eigenvalue weighted by molar-refractivity contribution is 6.05. The van der Waals surface area contributed by atoms with Crippen molar-refractivity contribution >= 4 is 46.2 Å². The molecule has 4 aromatic rings. The van der Waals surface area contributed by atoms with Crippen molar-refractivity contribution in [1.82, 2.24) is 38.9 Å². The number of nitrogens with one attached hydrogen (secondary N) is 4. The molecule has 206 valence electrons. The van der Waals surface area contributed by atoms with E-state index in [1.54, 1.807) is 41.7 Å². The average Bonchev–Trinajstić information content (AvgIpc) is 3.53. The van der Waals surface area contributed by atoms with Crippen LogP contribution in [0.2, 0.25) is 0 Å². The van der Waals surface area contributed by atoms with Crippen LogP contribution in [0.5, 0.6) is 0 Å². The summed E-state index contributed by atoms with van der Waals surface area (Å²) in [7, 11) is 7.34. The van der Waals surface area contributed by atoms with E-state index in [-0.39, 0.29) is 35.3 Å². The van der Waals surface area contributed by atoms with Crippen LogP contribution >= 0.6 is 0 Å². The normalized spacial score (nSPS) is 11.2. The fraction of sp³-hybridized carbons (Fsp3) is 0.333. The van der Waals surface area contributed by atoms with Gasteiger partial charge in [-0.3, -0.25) is 24.2 Å². The van der Waals surface area contributed by atoms with E-state index >= 15 is 0 Å². The number of rotatable bonds is 10. The van der Waals surface area contributed by atoms with E-state index in [1.165, 1.54) is 17.0 Å². The van der Waals surface area contributed by atoms with Crippen LogP contribution in [0.15, 0.2) is 35.6 Å². The Labute approximate surface area is 223 Å². The highest BCUT2D eigenvalue weighted by Gasteiger charge is 2.18. The van der Waals surface area contributed by atoms with Gasteiger partial charge < -0.3 is 40.3 Å². The Hall–Kier alpha value is -4.92. The molecule has 4 rings (SSSR count). The van der Waals surface area contributed by atoms with Crippen LogP contribution in [0, 0.1) is 0 Å². The number of nitrogen functional groups attached to an aromatic ring is 1. The predicted molar refractivity (Wildman–Crippen MR) is 145 cm³/mol. The van der Waals surface area contributed by atoms with Crippen molar-refractivity contribution in [2.75, 3.05) is 43.6 Å². The molecule has 3 amide bonds. The first-order valence-electron chi connectivity index (χ1n) is 12.1. The second-order valence-electron chi connectivity index (χ2n) is 9.36. The molecule has 0 aliphatic heterocycles. The van der Waals surface area contributed by atoms with Crippen LogP contribution in [0.25, 0.3) is 11.2 Å². The number of imidazole rings is 1. The fourth-order valence-electron chi connectivity index (χ4n) is 4.04. The summed E-state index contributed by atoms with van der Waals surface area (Å²) in [4.78, 5) is 62.5. The molecular formula is C24H31N11O4. The molecule has 0 atom stereocenters. The molecular weight excluding hydrogens is 506 g/mol. The van der Waals surface area contributed by atoms with Crippen molar-refractivity contribution in [3.63, 3.8) is 0 Å². The van der Waals surface area contributed by atoms with Gasteiger partial charge in [-0.15, -0.1) is 0 Å². The van der Waals surface area contributed by atoms with Gasteiger partial charge in [-0.2, -0.15) is 4.98 Å². The zero-order valence-corrected chi connectivity index (χ0v) is 22.1. The van der Waals surface area contributed by atoms with E-state index in [2.05, 4.69) is 30.9 Å². The van der Waals surface area contributed by atoms with E-state index in [1.807, 2.05) is 19.0 Å². The number of aromatic nitrogens is 6. The maximum atomic E-state index is 12.9. The number of nitrogens with two attached hydrogens (primary N) is 1. The molecule has 6 N–H and O–H groups in total. The Morgan fingerprint density at radius 3 is 2.33 bits per heavy atom. The fourth-order valence-corrected chi connectivity index (χ4v) is 4.04. The van der Waals surface area contributed by atoms with Crippen molar-refractivity contribution in [2.45, 2.75) is 13.0 Å².